The minimum atomic E-state index is -4.15. The van der Waals surface area contributed by atoms with Gasteiger partial charge in [-0.15, -0.1) is 11.3 Å². The third kappa shape index (κ3) is 10.0. The monoisotopic (exact) mass is 876 g/mol. The predicted octanol–water partition coefficient (Wildman–Crippen LogP) is 4.80. The summed E-state index contributed by atoms with van der Waals surface area (Å²) in [6.07, 6.45) is -3.97. The van der Waals surface area contributed by atoms with Crippen molar-refractivity contribution in [3.05, 3.63) is 29.6 Å². The maximum Gasteiger partial charge on any atom is 0.315 e. The Hall–Kier alpha value is -4.85. The fourth-order valence-corrected chi connectivity index (χ4v) is 9.37. The second kappa shape index (κ2) is 16.5. The quantitative estimate of drug-likeness (QED) is 0.149. The first-order valence-electron chi connectivity index (χ1n) is 19.8. The number of carbonyl (C=O) groups excluding carboxylic acids is 4. The summed E-state index contributed by atoms with van der Waals surface area (Å²) in [5.41, 5.74) is -2.23. The fraction of sp³-hybridized carbons (Fsp3) is 0.600. The average molecular weight is 877 g/mol. The molecule has 0 bridgehead atoms. The number of hydrogen-bond donors (Lipinski definition) is 5. The van der Waals surface area contributed by atoms with E-state index in [0.717, 1.165) is 0 Å². The number of alkyl halides is 2. The molecule has 328 valence electrons. The van der Waals surface area contributed by atoms with Crippen LogP contribution in [0.25, 0.3) is 22.3 Å². The van der Waals surface area contributed by atoms with Gasteiger partial charge in [-0.25, -0.2) is 32.0 Å². The van der Waals surface area contributed by atoms with Crippen LogP contribution in [0.1, 0.15) is 81.1 Å². The van der Waals surface area contributed by atoms with Crippen LogP contribution in [0.2, 0.25) is 0 Å². The lowest BCUT2D eigenvalue weighted by Crippen LogP contribution is -2.61. The van der Waals surface area contributed by atoms with Crippen molar-refractivity contribution in [2.45, 2.75) is 128 Å². The summed E-state index contributed by atoms with van der Waals surface area (Å²) in [6.45, 7) is 14.3. The average Bonchev–Trinajstić information content (AvgIpc) is 4.03. The Morgan fingerprint density at radius 2 is 1.72 bits per heavy atom. The Balaban J connectivity index is 1.36. The van der Waals surface area contributed by atoms with E-state index in [1.807, 2.05) is 23.9 Å². The molecule has 2 saturated carbocycles. The number of likely N-dealkylation sites (tertiary alicyclic amines) is 1. The van der Waals surface area contributed by atoms with Crippen LogP contribution in [-0.4, -0.2) is 108 Å². The van der Waals surface area contributed by atoms with E-state index in [4.69, 9.17) is 19.4 Å². The molecule has 6 rings (SSSR count). The van der Waals surface area contributed by atoms with Crippen molar-refractivity contribution in [1.82, 2.24) is 35.5 Å². The van der Waals surface area contributed by atoms with Gasteiger partial charge in [0.15, 0.2) is 5.13 Å². The van der Waals surface area contributed by atoms with Crippen molar-refractivity contribution >= 4 is 61.1 Å². The Morgan fingerprint density at radius 1 is 1.02 bits per heavy atom. The Kier molecular flexibility index (Phi) is 12.3. The lowest BCUT2D eigenvalue weighted by atomic mass is 9.85. The second-order valence-corrected chi connectivity index (χ2v) is 21.0. The number of urea groups is 1. The van der Waals surface area contributed by atoms with E-state index in [1.54, 1.807) is 65.8 Å². The normalized spacial score (nSPS) is 22.4. The largest absolute Gasteiger partial charge is 0.497 e. The van der Waals surface area contributed by atoms with Crippen molar-refractivity contribution in [3.63, 3.8) is 0 Å². The molecule has 2 aliphatic carbocycles. The third-order valence-corrected chi connectivity index (χ3v) is 13.0. The number of carbonyl (C=O) groups is 4. The van der Waals surface area contributed by atoms with E-state index in [0.29, 0.717) is 51.8 Å². The summed E-state index contributed by atoms with van der Waals surface area (Å²) in [6, 6.07) is 3.86. The lowest BCUT2D eigenvalue weighted by Gasteiger charge is -2.36. The Labute approximate surface area is 352 Å². The van der Waals surface area contributed by atoms with Gasteiger partial charge in [0.25, 0.3) is 5.91 Å². The molecule has 3 aromatic rings. The molecule has 3 aliphatic rings. The maximum absolute atomic E-state index is 14.7. The zero-order valence-corrected chi connectivity index (χ0v) is 36.8. The highest BCUT2D eigenvalue weighted by Gasteiger charge is 2.67. The molecule has 60 heavy (non-hydrogen) atoms. The molecule has 0 radical (unpaired) electrons. The summed E-state index contributed by atoms with van der Waals surface area (Å²) in [5.74, 6) is -3.66. The standard InChI is InChI=1S/C40H54F2N8O8S2/c1-20(2)43-37-45-28(19-59-37)27-16-30(24-13-10-21(57-9)14-26(24)44-27)58-22-15-29(50(18-22)34(52)31(38(3,4)5)46-36(54)48-39(6,7)8)33(51)47-40(17-25(40)32(41)42)35(53)49-60(55,56)23-11-12-23/h10,13-14,16,19-20,22-23,25,29,31-32H,11-12,15,17-18H2,1-9H3,(H,43,45)(H,47,51)(H,49,53)(H2,46,48,54)/t22-,25+,29?,31-,40+/m1/s1. The number of benzene rings is 1. The van der Waals surface area contributed by atoms with Gasteiger partial charge in [-0.3, -0.25) is 19.1 Å². The Bertz CT molecular complexity index is 2260. The minimum Gasteiger partial charge on any atom is -0.497 e. The highest BCUT2D eigenvalue weighted by molar-refractivity contribution is 7.91. The summed E-state index contributed by atoms with van der Waals surface area (Å²) >= 11 is 1.40. The summed E-state index contributed by atoms with van der Waals surface area (Å²) in [5, 5.41) is 13.6. The molecule has 1 unspecified atom stereocenters. The number of ether oxygens (including phenoxy) is 2. The number of nitrogens with one attached hydrogen (secondary N) is 5. The summed E-state index contributed by atoms with van der Waals surface area (Å²) in [7, 11) is -2.62. The van der Waals surface area contributed by atoms with Crippen LogP contribution in [0.5, 0.6) is 11.5 Å². The molecule has 16 nitrogen and oxygen atoms in total. The molecule has 1 aromatic carbocycles. The zero-order valence-electron chi connectivity index (χ0n) is 35.1. The molecule has 5 amide bonds. The number of pyridine rings is 1. The first-order valence-corrected chi connectivity index (χ1v) is 22.3. The highest BCUT2D eigenvalue weighted by Crippen LogP contribution is 2.48. The first-order chi connectivity index (χ1) is 27.9. The van der Waals surface area contributed by atoms with Gasteiger partial charge < -0.3 is 35.6 Å². The third-order valence-electron chi connectivity index (χ3n) is 10.4. The first kappa shape index (κ1) is 44.7. The van der Waals surface area contributed by atoms with Gasteiger partial charge in [-0.1, -0.05) is 20.8 Å². The number of rotatable bonds is 14. The van der Waals surface area contributed by atoms with Gasteiger partial charge in [0.1, 0.15) is 40.9 Å². The number of sulfonamides is 1. The number of methoxy groups -OCH3 is 1. The van der Waals surface area contributed by atoms with Crippen LogP contribution in [0, 0.1) is 11.3 Å². The van der Waals surface area contributed by atoms with Crippen molar-refractivity contribution in [3.8, 4) is 22.9 Å². The van der Waals surface area contributed by atoms with E-state index in [-0.39, 0.29) is 19.0 Å². The van der Waals surface area contributed by atoms with Crippen LogP contribution in [0.4, 0.5) is 18.7 Å². The fourth-order valence-electron chi connectivity index (χ4n) is 7.15. The molecule has 5 N–H and O–H groups in total. The summed E-state index contributed by atoms with van der Waals surface area (Å²) in [4.78, 5) is 66.5. The van der Waals surface area contributed by atoms with Gasteiger partial charge in [0, 0.05) is 40.9 Å². The van der Waals surface area contributed by atoms with E-state index in [1.165, 1.54) is 23.3 Å². The van der Waals surface area contributed by atoms with Crippen LogP contribution in [-0.2, 0) is 24.4 Å². The van der Waals surface area contributed by atoms with Crippen LogP contribution < -0.4 is 35.5 Å². The van der Waals surface area contributed by atoms with Crippen molar-refractivity contribution in [2.24, 2.45) is 11.3 Å². The van der Waals surface area contributed by atoms with Gasteiger partial charge >= 0.3 is 6.03 Å². The molecule has 20 heteroatoms. The molecule has 2 aromatic heterocycles. The molecule has 1 saturated heterocycles. The van der Waals surface area contributed by atoms with E-state index < -0.39 is 92.5 Å². The van der Waals surface area contributed by atoms with Gasteiger partial charge in [0.05, 0.1) is 36.0 Å². The second-order valence-electron chi connectivity index (χ2n) is 18.1. The number of nitrogens with zero attached hydrogens (tertiary/aromatic N) is 3. The number of amides is 5. The highest BCUT2D eigenvalue weighted by atomic mass is 32.2. The predicted molar refractivity (Wildman–Crippen MR) is 222 cm³/mol. The maximum atomic E-state index is 14.7. The van der Waals surface area contributed by atoms with Crippen molar-refractivity contribution < 1.29 is 45.9 Å². The molecular formula is C40H54F2N8O8S2. The van der Waals surface area contributed by atoms with Crippen LogP contribution >= 0.6 is 11.3 Å². The number of anilines is 1. The molecule has 3 fully saturated rings. The molecule has 0 spiro atoms. The molecule has 1 aliphatic heterocycles. The SMILES string of the molecule is COc1ccc2c(O[C@@H]3CC(C(=O)N[C@@]4(C(=O)NS(=O)(=O)C5CC5)C[C@H]4C(F)F)N(C(=O)[C@@H](NC(=O)NC(C)(C)C)C(C)(C)C)C3)cc(-c3csc(NC(C)C)n3)nc2c1. The van der Waals surface area contributed by atoms with Gasteiger partial charge in [0.2, 0.25) is 28.3 Å². The van der Waals surface area contributed by atoms with E-state index >= 15 is 0 Å². The zero-order chi connectivity index (χ0) is 44.1. The topological polar surface area (TPSA) is 210 Å². The molecular weight excluding hydrogens is 823 g/mol. The van der Waals surface area contributed by atoms with Crippen LogP contribution in [0.3, 0.4) is 0 Å². The van der Waals surface area contributed by atoms with Crippen LogP contribution in [0.15, 0.2) is 29.6 Å². The number of hydrogen-bond acceptors (Lipinski definition) is 12. The van der Waals surface area contributed by atoms with Gasteiger partial charge in [-0.2, -0.15) is 0 Å². The van der Waals surface area contributed by atoms with E-state index in [9.17, 15) is 36.4 Å². The number of thiazole rings is 1. The minimum absolute atomic E-state index is 0.136. The Morgan fingerprint density at radius 3 is 2.30 bits per heavy atom. The van der Waals surface area contributed by atoms with Crippen molar-refractivity contribution in [1.29, 1.82) is 0 Å². The molecule has 5 atom stereocenters. The lowest BCUT2D eigenvalue weighted by molar-refractivity contribution is -0.142. The number of fused-ring (bicyclic) bond motifs is 1. The van der Waals surface area contributed by atoms with E-state index in [2.05, 4.69) is 21.3 Å². The van der Waals surface area contributed by atoms with Gasteiger partial charge in [-0.05, 0) is 71.4 Å². The molecule has 3 heterocycles. The number of aromatic nitrogens is 2. The summed E-state index contributed by atoms with van der Waals surface area (Å²) < 4.78 is 68.0. The van der Waals surface area contributed by atoms with Crippen molar-refractivity contribution in [2.75, 3.05) is 19.0 Å². The number of halogens is 2. The smallest absolute Gasteiger partial charge is 0.315 e.